The lowest BCUT2D eigenvalue weighted by molar-refractivity contribution is 0.175. The van der Waals surface area contributed by atoms with Crippen LogP contribution in [-0.4, -0.2) is 16.6 Å². The molecule has 0 bridgehead atoms. The van der Waals surface area contributed by atoms with E-state index >= 15 is 0 Å². The molecule has 0 amide bonds. The second-order valence-corrected chi connectivity index (χ2v) is 4.31. The number of thioether (sulfide) groups is 1. The minimum atomic E-state index is -0.291. The molecule has 0 fully saturated rings. The largest absolute Gasteiger partial charge is 0.388 e. The lowest BCUT2D eigenvalue weighted by atomic mass is 10.1. The van der Waals surface area contributed by atoms with Crippen molar-refractivity contribution >= 4 is 11.8 Å². The summed E-state index contributed by atoms with van der Waals surface area (Å²) in [7, 11) is 0. The Balaban J connectivity index is 2.35. The fourth-order valence-corrected chi connectivity index (χ4v) is 1.86. The summed E-state index contributed by atoms with van der Waals surface area (Å²) in [5.74, 6) is 2.16. The van der Waals surface area contributed by atoms with Gasteiger partial charge in [-0.2, -0.15) is 11.8 Å². The number of hydrogen-bond acceptors (Lipinski definition) is 2. The topological polar surface area (TPSA) is 20.2 Å². The summed E-state index contributed by atoms with van der Waals surface area (Å²) in [5, 5.41) is 9.73. The first-order valence-electron chi connectivity index (χ1n) is 4.65. The monoisotopic (exact) mass is 196 g/mol. The van der Waals surface area contributed by atoms with Gasteiger partial charge in [0.25, 0.3) is 0 Å². The van der Waals surface area contributed by atoms with E-state index in [4.69, 9.17) is 0 Å². The first-order chi connectivity index (χ1) is 6.34. The highest BCUT2D eigenvalue weighted by Crippen LogP contribution is 2.18. The van der Waals surface area contributed by atoms with Crippen molar-refractivity contribution in [3.63, 3.8) is 0 Å². The van der Waals surface area contributed by atoms with E-state index in [9.17, 15) is 5.11 Å². The van der Waals surface area contributed by atoms with Crippen molar-refractivity contribution in [2.45, 2.75) is 19.4 Å². The Morgan fingerprint density at radius 2 is 2.00 bits per heavy atom. The molecule has 1 unspecified atom stereocenters. The van der Waals surface area contributed by atoms with E-state index in [0.717, 1.165) is 23.5 Å². The molecule has 2 heteroatoms. The smallest absolute Gasteiger partial charge is 0.0797 e. The van der Waals surface area contributed by atoms with Gasteiger partial charge in [-0.1, -0.05) is 37.3 Å². The Labute approximate surface area is 84.2 Å². The number of aliphatic hydroxyl groups is 1. The average Bonchev–Trinajstić information content (AvgIpc) is 2.19. The predicted octanol–water partition coefficient (Wildman–Crippen LogP) is 2.86. The number of rotatable bonds is 5. The number of hydrogen-bond donors (Lipinski definition) is 1. The van der Waals surface area contributed by atoms with Crippen LogP contribution in [0.5, 0.6) is 0 Å². The first kappa shape index (κ1) is 10.6. The molecule has 1 aromatic rings. The van der Waals surface area contributed by atoms with E-state index in [2.05, 4.69) is 6.92 Å². The summed E-state index contributed by atoms with van der Waals surface area (Å²) in [4.78, 5) is 0. The number of benzene rings is 1. The van der Waals surface area contributed by atoms with Gasteiger partial charge >= 0.3 is 0 Å². The van der Waals surface area contributed by atoms with E-state index in [0.29, 0.717) is 0 Å². The molecular formula is C11H16OS. The minimum Gasteiger partial charge on any atom is -0.388 e. The molecule has 1 nitrogen and oxygen atoms in total. The standard InChI is InChI=1S/C11H16OS/c1-2-13-9-8-11(12)10-6-4-3-5-7-10/h3-7,11-12H,2,8-9H2,1H3. The molecule has 72 valence electrons. The van der Waals surface area contributed by atoms with E-state index < -0.39 is 0 Å². The summed E-state index contributed by atoms with van der Waals surface area (Å²) in [6.07, 6.45) is 0.558. The molecular weight excluding hydrogens is 180 g/mol. The van der Waals surface area contributed by atoms with E-state index in [1.54, 1.807) is 0 Å². The van der Waals surface area contributed by atoms with Crippen LogP contribution in [0.3, 0.4) is 0 Å². The van der Waals surface area contributed by atoms with E-state index in [1.165, 1.54) is 0 Å². The SMILES string of the molecule is CCSCCC(O)c1ccccc1. The molecule has 1 rings (SSSR count). The van der Waals surface area contributed by atoms with Crippen molar-refractivity contribution in [1.29, 1.82) is 0 Å². The van der Waals surface area contributed by atoms with Crippen molar-refractivity contribution in [1.82, 2.24) is 0 Å². The Hall–Kier alpha value is -0.470. The molecule has 0 aliphatic heterocycles. The fraction of sp³-hybridized carbons (Fsp3) is 0.455. The van der Waals surface area contributed by atoms with Crippen molar-refractivity contribution in [3.8, 4) is 0 Å². The normalized spacial score (nSPS) is 12.8. The summed E-state index contributed by atoms with van der Waals surface area (Å²) in [5.41, 5.74) is 1.03. The maximum absolute atomic E-state index is 9.73. The molecule has 1 atom stereocenters. The maximum Gasteiger partial charge on any atom is 0.0797 e. The second kappa shape index (κ2) is 6.06. The van der Waals surface area contributed by atoms with Crippen LogP contribution in [0.15, 0.2) is 30.3 Å². The van der Waals surface area contributed by atoms with Gasteiger partial charge in [-0.3, -0.25) is 0 Å². The maximum atomic E-state index is 9.73. The van der Waals surface area contributed by atoms with Crippen LogP contribution in [0, 0.1) is 0 Å². The molecule has 1 N–H and O–H groups in total. The van der Waals surface area contributed by atoms with E-state index in [1.807, 2.05) is 42.1 Å². The zero-order valence-electron chi connectivity index (χ0n) is 7.94. The zero-order chi connectivity index (χ0) is 9.52. The van der Waals surface area contributed by atoms with Crippen LogP contribution in [0.25, 0.3) is 0 Å². The Morgan fingerprint density at radius 1 is 1.31 bits per heavy atom. The molecule has 13 heavy (non-hydrogen) atoms. The summed E-state index contributed by atoms with van der Waals surface area (Å²) >= 11 is 1.87. The van der Waals surface area contributed by atoms with Crippen LogP contribution in [0.2, 0.25) is 0 Å². The van der Waals surface area contributed by atoms with Gasteiger partial charge < -0.3 is 5.11 Å². The number of aliphatic hydroxyl groups excluding tert-OH is 1. The van der Waals surface area contributed by atoms with Crippen LogP contribution in [0.4, 0.5) is 0 Å². The quantitative estimate of drug-likeness (QED) is 0.731. The minimum absolute atomic E-state index is 0.291. The third-order valence-electron chi connectivity index (χ3n) is 1.92. The fourth-order valence-electron chi connectivity index (χ4n) is 1.18. The molecule has 0 radical (unpaired) electrons. The van der Waals surface area contributed by atoms with Gasteiger partial charge in [0, 0.05) is 0 Å². The van der Waals surface area contributed by atoms with Crippen molar-refractivity contribution in [2.75, 3.05) is 11.5 Å². The van der Waals surface area contributed by atoms with Gasteiger partial charge in [0.05, 0.1) is 6.10 Å². The van der Waals surface area contributed by atoms with E-state index in [-0.39, 0.29) is 6.10 Å². The van der Waals surface area contributed by atoms with Gasteiger partial charge in [0.1, 0.15) is 0 Å². The van der Waals surface area contributed by atoms with Gasteiger partial charge in [-0.15, -0.1) is 0 Å². The highest BCUT2D eigenvalue weighted by atomic mass is 32.2. The Morgan fingerprint density at radius 3 is 2.62 bits per heavy atom. The molecule has 0 saturated heterocycles. The van der Waals surface area contributed by atoms with Crippen LogP contribution < -0.4 is 0 Å². The Kier molecular flexibility index (Phi) is 4.94. The second-order valence-electron chi connectivity index (χ2n) is 2.91. The highest BCUT2D eigenvalue weighted by Gasteiger charge is 2.05. The van der Waals surface area contributed by atoms with Gasteiger partial charge in [-0.05, 0) is 23.5 Å². The highest BCUT2D eigenvalue weighted by molar-refractivity contribution is 7.99. The van der Waals surface area contributed by atoms with Crippen molar-refractivity contribution < 1.29 is 5.11 Å². The van der Waals surface area contributed by atoms with Crippen LogP contribution in [-0.2, 0) is 0 Å². The Bertz CT molecular complexity index is 223. The summed E-state index contributed by atoms with van der Waals surface area (Å²) < 4.78 is 0. The molecule has 0 heterocycles. The van der Waals surface area contributed by atoms with Crippen LogP contribution >= 0.6 is 11.8 Å². The molecule has 0 aromatic heterocycles. The third kappa shape index (κ3) is 3.83. The third-order valence-corrected chi connectivity index (χ3v) is 2.86. The van der Waals surface area contributed by atoms with Crippen molar-refractivity contribution in [3.05, 3.63) is 35.9 Å². The van der Waals surface area contributed by atoms with Crippen LogP contribution in [0.1, 0.15) is 25.0 Å². The molecule has 1 aromatic carbocycles. The molecule has 0 aliphatic rings. The van der Waals surface area contributed by atoms with Gasteiger partial charge in [0.15, 0.2) is 0 Å². The first-order valence-corrected chi connectivity index (χ1v) is 5.80. The predicted molar refractivity (Wildman–Crippen MR) is 59.0 cm³/mol. The average molecular weight is 196 g/mol. The molecule has 0 spiro atoms. The lowest BCUT2D eigenvalue weighted by Gasteiger charge is -2.09. The van der Waals surface area contributed by atoms with Crippen molar-refractivity contribution in [2.24, 2.45) is 0 Å². The summed E-state index contributed by atoms with van der Waals surface area (Å²) in [6.45, 7) is 2.14. The van der Waals surface area contributed by atoms with Gasteiger partial charge in [-0.25, -0.2) is 0 Å². The lowest BCUT2D eigenvalue weighted by Crippen LogP contribution is -1.98. The summed E-state index contributed by atoms with van der Waals surface area (Å²) in [6, 6.07) is 9.84. The van der Waals surface area contributed by atoms with Gasteiger partial charge in [0.2, 0.25) is 0 Å². The molecule has 0 aliphatic carbocycles. The zero-order valence-corrected chi connectivity index (χ0v) is 8.76. The molecule has 0 saturated carbocycles.